The average Bonchev–Trinajstić information content (AvgIpc) is 2.85. The van der Waals surface area contributed by atoms with Gasteiger partial charge in [0, 0.05) is 39.2 Å². The molecule has 1 aliphatic carbocycles. The van der Waals surface area contributed by atoms with Crippen LogP contribution >= 0.6 is 43.5 Å². The van der Waals surface area contributed by atoms with Gasteiger partial charge in [0.2, 0.25) is 0 Å². The minimum Gasteiger partial charge on any atom is -0.450 e. The van der Waals surface area contributed by atoms with Crippen molar-refractivity contribution in [2.45, 2.75) is 39.2 Å². The van der Waals surface area contributed by atoms with E-state index in [-0.39, 0.29) is 25.5 Å². The van der Waals surface area contributed by atoms with Gasteiger partial charge in [0.25, 0.3) is 0 Å². The summed E-state index contributed by atoms with van der Waals surface area (Å²) in [6.45, 7) is 3.70. The number of carbonyl (C=O) groups is 1. The highest BCUT2D eigenvalue weighted by Crippen LogP contribution is 2.46. The average molecular weight is 559 g/mol. The molecule has 2 unspecified atom stereocenters. The number of rotatable bonds is 2. The molecule has 3 aliphatic rings. The van der Waals surface area contributed by atoms with Crippen molar-refractivity contribution in [1.29, 1.82) is 0 Å². The van der Waals surface area contributed by atoms with Crippen molar-refractivity contribution in [2.75, 3.05) is 19.7 Å². The molecule has 2 atom stereocenters. The smallest absolute Gasteiger partial charge is 0.409 e. The number of benzene rings is 1. The lowest BCUT2D eigenvalue weighted by atomic mass is 9.73. The molecular weight excluding hydrogens is 532 g/mol. The van der Waals surface area contributed by atoms with Crippen LogP contribution in [0.5, 0.6) is 0 Å². The molecule has 1 fully saturated rings. The Morgan fingerprint density at radius 3 is 2.70 bits per heavy atom. The van der Waals surface area contributed by atoms with Crippen LogP contribution in [0.4, 0.5) is 4.79 Å². The normalized spacial score (nSPS) is 23.1. The first kappa shape index (κ1) is 23.4. The third-order valence-electron chi connectivity index (χ3n) is 5.91. The van der Waals surface area contributed by atoms with Gasteiger partial charge in [-0.25, -0.2) is 4.79 Å². The fourth-order valence-electron chi connectivity index (χ4n) is 4.63. The van der Waals surface area contributed by atoms with Crippen LogP contribution in [0, 0.1) is 5.92 Å². The molecule has 0 saturated carbocycles. The van der Waals surface area contributed by atoms with E-state index in [2.05, 4.69) is 55.4 Å². The van der Waals surface area contributed by atoms with Crippen molar-refractivity contribution in [2.24, 2.45) is 5.92 Å². The standard InChI is InChI=1S/C22H23Br2ClN2O2.CH4/c1-2-29-22(28)27-7-5-13(6-8-27)20-19-14(10-17(25)11-18(19)24)3-4-15-9-16(23)12-26-21(15)20;/h3-4,9-13,20-21,26H,2,5-8H2,1H3;1H4. The van der Waals surface area contributed by atoms with E-state index in [1.807, 2.05) is 30.2 Å². The molecule has 2 aliphatic heterocycles. The predicted octanol–water partition coefficient (Wildman–Crippen LogP) is 6.85. The summed E-state index contributed by atoms with van der Waals surface area (Å²) in [5.74, 6) is 0.696. The van der Waals surface area contributed by atoms with Gasteiger partial charge in [0.15, 0.2) is 0 Å². The van der Waals surface area contributed by atoms with Crippen LogP contribution in [0.1, 0.15) is 44.2 Å². The summed E-state index contributed by atoms with van der Waals surface area (Å²) in [5.41, 5.74) is 3.68. The number of likely N-dealkylation sites (tertiary alicyclic amines) is 1. The lowest BCUT2D eigenvalue weighted by Gasteiger charge is -2.40. The van der Waals surface area contributed by atoms with Gasteiger partial charge >= 0.3 is 6.09 Å². The third-order valence-corrected chi connectivity index (χ3v) is 7.24. The zero-order chi connectivity index (χ0) is 20.5. The molecule has 2 heterocycles. The molecule has 1 amide bonds. The second-order valence-corrected chi connectivity index (χ2v) is 9.80. The first-order valence-corrected chi connectivity index (χ1v) is 11.9. The van der Waals surface area contributed by atoms with Gasteiger partial charge < -0.3 is 15.0 Å². The Labute approximate surface area is 200 Å². The number of fused-ring (bicyclic) bond motifs is 2. The fraction of sp³-hybridized carbons (Fsp3) is 0.435. The zero-order valence-corrected chi connectivity index (χ0v) is 20.1. The lowest BCUT2D eigenvalue weighted by molar-refractivity contribution is 0.0875. The molecule has 4 nitrogen and oxygen atoms in total. The number of nitrogens with zero attached hydrogens (tertiary/aromatic N) is 1. The van der Waals surface area contributed by atoms with E-state index >= 15 is 0 Å². The van der Waals surface area contributed by atoms with Gasteiger partial charge in [-0.05, 0) is 76.5 Å². The highest BCUT2D eigenvalue weighted by atomic mass is 79.9. The molecule has 0 spiro atoms. The van der Waals surface area contributed by atoms with Crippen LogP contribution in [0.15, 0.2) is 45.0 Å². The van der Waals surface area contributed by atoms with Crippen LogP contribution in [-0.4, -0.2) is 36.7 Å². The maximum absolute atomic E-state index is 12.1. The predicted molar refractivity (Wildman–Crippen MR) is 131 cm³/mol. The topological polar surface area (TPSA) is 41.6 Å². The molecule has 0 bridgehead atoms. The Morgan fingerprint density at radius 2 is 2.00 bits per heavy atom. The van der Waals surface area contributed by atoms with E-state index < -0.39 is 0 Å². The summed E-state index contributed by atoms with van der Waals surface area (Å²) in [4.78, 5) is 14.0. The van der Waals surface area contributed by atoms with Gasteiger partial charge in [-0.1, -0.05) is 47.1 Å². The number of amides is 1. The molecule has 1 aromatic carbocycles. The quantitative estimate of drug-likeness (QED) is 0.432. The molecule has 1 aromatic rings. The second kappa shape index (κ2) is 9.92. The fourth-order valence-corrected chi connectivity index (χ4v) is 6.12. The molecule has 1 saturated heterocycles. The molecule has 4 rings (SSSR count). The van der Waals surface area contributed by atoms with E-state index in [4.69, 9.17) is 16.3 Å². The molecule has 0 aromatic heterocycles. The number of carbonyl (C=O) groups excluding carboxylic acids is 1. The number of hydrogen-bond donors (Lipinski definition) is 1. The van der Waals surface area contributed by atoms with Crippen LogP contribution < -0.4 is 5.32 Å². The molecule has 7 heteroatoms. The van der Waals surface area contributed by atoms with Gasteiger partial charge in [0.05, 0.1) is 12.6 Å². The SMILES string of the molecule is C.CCOC(=O)N1CCC(C2c3c(Br)cc(Cl)cc3C=CC3=CC(Br)=CNC32)CC1. The molecule has 162 valence electrons. The number of halogens is 3. The summed E-state index contributed by atoms with van der Waals surface area (Å²) in [6.07, 6.45) is 10.2. The van der Waals surface area contributed by atoms with Gasteiger partial charge in [-0.2, -0.15) is 0 Å². The van der Waals surface area contributed by atoms with Crippen molar-refractivity contribution < 1.29 is 9.53 Å². The summed E-state index contributed by atoms with van der Waals surface area (Å²) >= 11 is 13.7. The van der Waals surface area contributed by atoms with E-state index in [0.29, 0.717) is 12.5 Å². The van der Waals surface area contributed by atoms with Crippen LogP contribution in [0.3, 0.4) is 0 Å². The molecule has 30 heavy (non-hydrogen) atoms. The van der Waals surface area contributed by atoms with Crippen molar-refractivity contribution >= 4 is 55.6 Å². The third kappa shape index (κ3) is 4.66. The summed E-state index contributed by atoms with van der Waals surface area (Å²) in [5, 5.41) is 4.33. The number of allylic oxidation sites excluding steroid dienone is 2. The Balaban J connectivity index is 0.00000256. The zero-order valence-electron chi connectivity index (χ0n) is 16.1. The van der Waals surface area contributed by atoms with Gasteiger partial charge in [-0.3, -0.25) is 0 Å². The Bertz CT molecular complexity index is 905. The van der Waals surface area contributed by atoms with Crippen molar-refractivity contribution in [3.05, 3.63) is 61.2 Å². The number of nitrogens with one attached hydrogen (secondary N) is 1. The summed E-state index contributed by atoms with van der Waals surface area (Å²) < 4.78 is 7.26. The maximum atomic E-state index is 12.1. The molecule has 0 radical (unpaired) electrons. The summed E-state index contributed by atoms with van der Waals surface area (Å²) in [7, 11) is 0. The Hall–Kier alpha value is -1.24. The lowest BCUT2D eigenvalue weighted by Crippen LogP contribution is -2.44. The maximum Gasteiger partial charge on any atom is 0.409 e. The summed E-state index contributed by atoms with van der Waals surface area (Å²) in [6, 6.07) is 4.20. The number of piperidine rings is 1. The first-order chi connectivity index (χ1) is 14.0. The van der Waals surface area contributed by atoms with Crippen molar-refractivity contribution in [1.82, 2.24) is 10.2 Å². The number of ether oxygens (including phenoxy) is 1. The van der Waals surface area contributed by atoms with Gasteiger partial charge in [-0.15, -0.1) is 0 Å². The largest absolute Gasteiger partial charge is 0.450 e. The molecule has 1 N–H and O–H groups in total. The van der Waals surface area contributed by atoms with E-state index in [9.17, 15) is 4.79 Å². The number of hydrogen-bond acceptors (Lipinski definition) is 3. The van der Waals surface area contributed by atoms with E-state index in [1.165, 1.54) is 11.1 Å². The van der Waals surface area contributed by atoms with Crippen LogP contribution in [0.25, 0.3) is 6.08 Å². The van der Waals surface area contributed by atoms with Crippen LogP contribution in [0.2, 0.25) is 5.02 Å². The van der Waals surface area contributed by atoms with Gasteiger partial charge in [0.1, 0.15) is 0 Å². The second-order valence-electron chi connectivity index (χ2n) is 7.59. The Kier molecular flexibility index (Phi) is 7.75. The Morgan fingerprint density at radius 1 is 1.27 bits per heavy atom. The van der Waals surface area contributed by atoms with Crippen LogP contribution in [-0.2, 0) is 4.74 Å². The van der Waals surface area contributed by atoms with E-state index in [1.54, 1.807) is 0 Å². The van der Waals surface area contributed by atoms with Crippen molar-refractivity contribution in [3.63, 3.8) is 0 Å². The highest BCUT2D eigenvalue weighted by molar-refractivity contribution is 9.12. The highest BCUT2D eigenvalue weighted by Gasteiger charge is 2.39. The number of dihydropyridines is 1. The monoisotopic (exact) mass is 556 g/mol. The first-order valence-electron chi connectivity index (χ1n) is 9.90. The van der Waals surface area contributed by atoms with Crippen molar-refractivity contribution in [3.8, 4) is 0 Å². The molecular formula is C23H27Br2ClN2O2. The van der Waals surface area contributed by atoms with E-state index in [0.717, 1.165) is 45.5 Å². The minimum absolute atomic E-state index is 0. The minimum atomic E-state index is -0.204.